The van der Waals surface area contributed by atoms with E-state index < -0.39 is 0 Å². The minimum absolute atomic E-state index is 0.898. The highest BCUT2D eigenvalue weighted by atomic mass is 15.0. The Hall–Kier alpha value is -1.68. The zero-order valence-corrected chi connectivity index (χ0v) is 8.61. The van der Waals surface area contributed by atoms with Crippen LogP contribution in [0.1, 0.15) is 18.4 Å². The topological polar surface area (TPSA) is 4.93 Å². The van der Waals surface area contributed by atoms with Crippen LogP contribution in [-0.2, 0) is 6.54 Å². The summed E-state index contributed by atoms with van der Waals surface area (Å²) in [5.74, 6) is 3.64. The van der Waals surface area contributed by atoms with Crippen molar-refractivity contribution in [1.82, 2.24) is 4.57 Å². The molecule has 0 amide bonds. The molecule has 1 saturated carbocycles. The summed E-state index contributed by atoms with van der Waals surface area (Å²) in [6, 6.07) is 8.33. The maximum atomic E-state index is 5.48. The van der Waals surface area contributed by atoms with Crippen molar-refractivity contribution in [2.24, 2.45) is 5.92 Å². The molecular weight excluding hydrogens is 182 g/mol. The molecule has 1 fully saturated rings. The van der Waals surface area contributed by atoms with Crippen LogP contribution in [0.25, 0.3) is 10.9 Å². The highest BCUT2D eigenvalue weighted by Crippen LogP contribution is 2.32. The molecule has 0 radical (unpaired) electrons. The van der Waals surface area contributed by atoms with Gasteiger partial charge in [0.05, 0.1) is 0 Å². The van der Waals surface area contributed by atoms with Gasteiger partial charge in [0.1, 0.15) is 0 Å². The molecule has 0 unspecified atom stereocenters. The predicted octanol–water partition coefficient (Wildman–Crippen LogP) is 3.03. The third-order valence-corrected chi connectivity index (χ3v) is 3.12. The number of hydrogen-bond acceptors (Lipinski definition) is 0. The second-order valence-corrected chi connectivity index (χ2v) is 4.29. The van der Waals surface area contributed by atoms with Crippen molar-refractivity contribution < 1.29 is 0 Å². The SMILES string of the molecule is C#Cc1cccc2c1ccn2CC1CC1. The van der Waals surface area contributed by atoms with Crippen LogP contribution in [0.4, 0.5) is 0 Å². The third kappa shape index (κ3) is 1.43. The van der Waals surface area contributed by atoms with Crippen LogP contribution in [0, 0.1) is 18.3 Å². The smallest absolute Gasteiger partial charge is 0.0493 e. The summed E-state index contributed by atoms with van der Waals surface area (Å²) in [5, 5.41) is 1.21. The molecule has 1 aromatic heterocycles. The zero-order valence-electron chi connectivity index (χ0n) is 8.61. The number of aromatic nitrogens is 1. The van der Waals surface area contributed by atoms with Gasteiger partial charge in [0.25, 0.3) is 0 Å². The monoisotopic (exact) mass is 195 g/mol. The number of hydrogen-bond donors (Lipinski definition) is 0. The predicted molar refractivity (Wildman–Crippen MR) is 62.6 cm³/mol. The van der Waals surface area contributed by atoms with Crippen LogP contribution in [0.3, 0.4) is 0 Å². The van der Waals surface area contributed by atoms with Gasteiger partial charge >= 0.3 is 0 Å². The minimum Gasteiger partial charge on any atom is -0.347 e. The van der Waals surface area contributed by atoms with Gasteiger partial charge in [-0.25, -0.2) is 0 Å². The van der Waals surface area contributed by atoms with Crippen molar-refractivity contribution in [1.29, 1.82) is 0 Å². The van der Waals surface area contributed by atoms with Gasteiger partial charge in [0, 0.05) is 29.2 Å². The van der Waals surface area contributed by atoms with Gasteiger partial charge in [-0.15, -0.1) is 6.42 Å². The Bertz CT molecular complexity index is 538. The van der Waals surface area contributed by atoms with Crippen LogP contribution in [0.2, 0.25) is 0 Å². The average molecular weight is 195 g/mol. The van der Waals surface area contributed by atoms with E-state index in [1.165, 1.54) is 23.7 Å². The van der Waals surface area contributed by atoms with E-state index in [2.05, 4.69) is 28.8 Å². The van der Waals surface area contributed by atoms with Gasteiger partial charge in [-0.05, 0) is 37.0 Å². The van der Waals surface area contributed by atoms with E-state index in [1.807, 2.05) is 12.1 Å². The number of benzene rings is 1. The van der Waals surface area contributed by atoms with E-state index in [-0.39, 0.29) is 0 Å². The molecular formula is C14H13N. The second-order valence-electron chi connectivity index (χ2n) is 4.29. The number of rotatable bonds is 2. The molecule has 0 saturated heterocycles. The average Bonchev–Trinajstić information content (AvgIpc) is 2.99. The van der Waals surface area contributed by atoms with Crippen LogP contribution in [0.15, 0.2) is 30.5 Å². The molecule has 1 aliphatic rings. The highest BCUT2D eigenvalue weighted by molar-refractivity contribution is 5.86. The van der Waals surface area contributed by atoms with Crippen LogP contribution >= 0.6 is 0 Å². The van der Waals surface area contributed by atoms with E-state index in [4.69, 9.17) is 6.42 Å². The molecule has 3 rings (SSSR count). The van der Waals surface area contributed by atoms with Crippen molar-refractivity contribution in [2.75, 3.05) is 0 Å². The van der Waals surface area contributed by atoms with Gasteiger partial charge in [0.2, 0.25) is 0 Å². The van der Waals surface area contributed by atoms with Gasteiger partial charge in [-0.2, -0.15) is 0 Å². The first-order chi connectivity index (χ1) is 7.38. The van der Waals surface area contributed by atoms with E-state index in [9.17, 15) is 0 Å². The van der Waals surface area contributed by atoms with E-state index in [0.717, 1.165) is 18.0 Å². The lowest BCUT2D eigenvalue weighted by molar-refractivity contribution is 0.647. The Balaban J connectivity index is 2.13. The fraction of sp³-hybridized carbons (Fsp3) is 0.286. The Labute approximate surface area is 89.7 Å². The van der Waals surface area contributed by atoms with Crippen molar-refractivity contribution in [2.45, 2.75) is 19.4 Å². The molecule has 1 heteroatoms. The molecule has 1 nitrogen and oxygen atoms in total. The van der Waals surface area contributed by atoms with E-state index >= 15 is 0 Å². The summed E-state index contributed by atoms with van der Waals surface area (Å²) < 4.78 is 2.33. The van der Waals surface area contributed by atoms with Gasteiger partial charge in [-0.3, -0.25) is 0 Å². The van der Waals surface area contributed by atoms with Crippen LogP contribution in [0.5, 0.6) is 0 Å². The summed E-state index contributed by atoms with van der Waals surface area (Å²) in [6.45, 7) is 1.15. The van der Waals surface area contributed by atoms with Gasteiger partial charge < -0.3 is 4.57 Å². The summed E-state index contributed by atoms with van der Waals surface area (Å²) in [7, 11) is 0. The summed E-state index contributed by atoms with van der Waals surface area (Å²) >= 11 is 0. The number of fused-ring (bicyclic) bond motifs is 1. The first-order valence-corrected chi connectivity index (χ1v) is 5.43. The second kappa shape index (κ2) is 3.17. The van der Waals surface area contributed by atoms with Gasteiger partial charge in [0.15, 0.2) is 0 Å². The highest BCUT2D eigenvalue weighted by Gasteiger charge is 2.22. The molecule has 1 aliphatic carbocycles. The fourth-order valence-corrected chi connectivity index (χ4v) is 2.09. The Morgan fingerprint density at radius 2 is 2.20 bits per heavy atom. The molecule has 0 atom stereocenters. The number of terminal acetylenes is 1. The maximum absolute atomic E-state index is 5.48. The largest absolute Gasteiger partial charge is 0.347 e. The lowest BCUT2D eigenvalue weighted by atomic mass is 10.1. The summed E-state index contributed by atoms with van der Waals surface area (Å²) in [5.41, 5.74) is 2.28. The lowest BCUT2D eigenvalue weighted by Gasteiger charge is -2.03. The maximum Gasteiger partial charge on any atom is 0.0493 e. The summed E-state index contributed by atoms with van der Waals surface area (Å²) in [6.07, 6.45) is 10.4. The quantitative estimate of drug-likeness (QED) is 0.649. The molecule has 1 aromatic carbocycles. The van der Waals surface area contributed by atoms with Crippen molar-refractivity contribution in [3.63, 3.8) is 0 Å². The fourth-order valence-electron chi connectivity index (χ4n) is 2.09. The molecule has 2 aromatic rings. The minimum atomic E-state index is 0.898. The van der Waals surface area contributed by atoms with Crippen molar-refractivity contribution in [3.8, 4) is 12.3 Å². The molecule has 15 heavy (non-hydrogen) atoms. The third-order valence-electron chi connectivity index (χ3n) is 3.12. The van der Waals surface area contributed by atoms with E-state index in [0.29, 0.717) is 0 Å². The van der Waals surface area contributed by atoms with Crippen LogP contribution < -0.4 is 0 Å². The Morgan fingerprint density at radius 3 is 2.93 bits per heavy atom. The molecule has 1 heterocycles. The molecule has 0 bridgehead atoms. The van der Waals surface area contributed by atoms with Crippen LogP contribution in [-0.4, -0.2) is 4.57 Å². The molecule has 0 N–H and O–H groups in total. The normalized spacial score (nSPS) is 15.4. The van der Waals surface area contributed by atoms with E-state index in [1.54, 1.807) is 0 Å². The molecule has 74 valence electrons. The summed E-state index contributed by atoms with van der Waals surface area (Å²) in [4.78, 5) is 0. The van der Waals surface area contributed by atoms with Crippen molar-refractivity contribution >= 4 is 10.9 Å². The zero-order chi connectivity index (χ0) is 10.3. The number of nitrogens with zero attached hydrogens (tertiary/aromatic N) is 1. The first-order valence-electron chi connectivity index (χ1n) is 5.43. The lowest BCUT2D eigenvalue weighted by Crippen LogP contribution is -1.97. The standard InChI is InChI=1S/C14H13N/c1-2-12-4-3-5-14-13(12)8-9-15(14)10-11-6-7-11/h1,3-5,8-9,11H,6-7,10H2. The first kappa shape index (κ1) is 8.61. The molecule has 0 aliphatic heterocycles. The van der Waals surface area contributed by atoms with Crippen molar-refractivity contribution in [3.05, 3.63) is 36.0 Å². The Morgan fingerprint density at radius 1 is 1.33 bits per heavy atom. The molecule has 0 spiro atoms. The Kier molecular flexibility index (Phi) is 1.82. The van der Waals surface area contributed by atoms with Gasteiger partial charge in [-0.1, -0.05) is 12.0 Å².